The van der Waals surface area contributed by atoms with Gasteiger partial charge in [0.25, 0.3) is 5.91 Å². The Labute approximate surface area is 197 Å². The number of aromatic nitrogens is 2. The molecular weight excluding hydrogens is 479 g/mol. The molecule has 0 atom stereocenters. The SMILES string of the molecule is CC(=NNC(=O)CSc1nnc(SCc2ccc(C)cc2)s1)c1ccc(Cl)cc1Cl. The molecule has 0 saturated carbocycles. The fraction of sp³-hybridized carbons (Fsp3) is 0.200. The monoisotopic (exact) mass is 496 g/mol. The van der Waals surface area contributed by atoms with Crippen LogP contribution in [0.3, 0.4) is 0 Å². The van der Waals surface area contributed by atoms with Gasteiger partial charge in [-0.25, -0.2) is 5.43 Å². The summed E-state index contributed by atoms with van der Waals surface area (Å²) >= 11 is 16.5. The van der Waals surface area contributed by atoms with E-state index in [-0.39, 0.29) is 11.7 Å². The van der Waals surface area contributed by atoms with Crippen LogP contribution in [0.25, 0.3) is 0 Å². The second-order valence-electron chi connectivity index (χ2n) is 6.25. The molecule has 0 bridgehead atoms. The molecule has 30 heavy (non-hydrogen) atoms. The topological polar surface area (TPSA) is 67.2 Å². The first-order valence-electron chi connectivity index (χ1n) is 8.84. The van der Waals surface area contributed by atoms with E-state index in [1.54, 1.807) is 36.9 Å². The highest BCUT2D eigenvalue weighted by Crippen LogP contribution is 2.30. The largest absolute Gasteiger partial charge is 0.272 e. The summed E-state index contributed by atoms with van der Waals surface area (Å²) in [5, 5.41) is 13.5. The van der Waals surface area contributed by atoms with Crippen molar-refractivity contribution in [1.29, 1.82) is 0 Å². The first-order chi connectivity index (χ1) is 14.4. The first kappa shape index (κ1) is 23.1. The minimum absolute atomic E-state index is 0.197. The van der Waals surface area contributed by atoms with Gasteiger partial charge in [-0.3, -0.25) is 4.79 Å². The summed E-state index contributed by atoms with van der Waals surface area (Å²) in [6.07, 6.45) is 0. The Bertz CT molecular complexity index is 1050. The number of carbonyl (C=O) groups excluding carboxylic acids is 1. The number of halogens is 2. The summed E-state index contributed by atoms with van der Waals surface area (Å²) < 4.78 is 1.63. The van der Waals surface area contributed by atoms with E-state index in [0.29, 0.717) is 21.3 Å². The zero-order chi connectivity index (χ0) is 21.5. The molecule has 156 valence electrons. The van der Waals surface area contributed by atoms with Gasteiger partial charge in [0.05, 0.1) is 16.5 Å². The van der Waals surface area contributed by atoms with E-state index in [9.17, 15) is 4.79 Å². The Hall–Kier alpha value is -1.58. The van der Waals surface area contributed by atoms with Crippen molar-refractivity contribution in [1.82, 2.24) is 15.6 Å². The van der Waals surface area contributed by atoms with Gasteiger partial charge in [0.1, 0.15) is 0 Å². The average Bonchev–Trinajstić information content (AvgIpc) is 3.18. The number of rotatable bonds is 8. The molecule has 2 aromatic carbocycles. The van der Waals surface area contributed by atoms with Crippen LogP contribution in [0.15, 0.2) is 56.2 Å². The second kappa shape index (κ2) is 11.2. The van der Waals surface area contributed by atoms with E-state index in [2.05, 4.69) is 51.9 Å². The van der Waals surface area contributed by atoms with Crippen LogP contribution in [0.4, 0.5) is 0 Å². The highest BCUT2D eigenvalue weighted by Gasteiger charge is 2.10. The van der Waals surface area contributed by atoms with Crippen LogP contribution >= 0.6 is 58.1 Å². The van der Waals surface area contributed by atoms with Crippen LogP contribution < -0.4 is 5.43 Å². The highest BCUT2D eigenvalue weighted by atomic mass is 35.5. The van der Waals surface area contributed by atoms with E-state index in [0.717, 1.165) is 14.4 Å². The average molecular weight is 497 g/mol. The van der Waals surface area contributed by atoms with E-state index < -0.39 is 0 Å². The highest BCUT2D eigenvalue weighted by molar-refractivity contribution is 8.03. The van der Waals surface area contributed by atoms with Crippen molar-refractivity contribution in [3.05, 3.63) is 69.2 Å². The number of nitrogens with one attached hydrogen (secondary N) is 1. The molecule has 10 heteroatoms. The van der Waals surface area contributed by atoms with Gasteiger partial charge >= 0.3 is 0 Å². The lowest BCUT2D eigenvalue weighted by molar-refractivity contribution is -0.118. The number of hydrogen-bond acceptors (Lipinski definition) is 7. The maximum absolute atomic E-state index is 12.1. The first-order valence-corrected chi connectivity index (χ1v) is 12.4. The predicted molar refractivity (Wildman–Crippen MR) is 128 cm³/mol. The van der Waals surface area contributed by atoms with Gasteiger partial charge in [0.2, 0.25) is 0 Å². The summed E-state index contributed by atoms with van der Waals surface area (Å²) in [5.41, 5.74) is 6.34. The van der Waals surface area contributed by atoms with E-state index in [4.69, 9.17) is 23.2 Å². The van der Waals surface area contributed by atoms with Crippen LogP contribution in [0.1, 0.15) is 23.6 Å². The Balaban J connectivity index is 1.46. The fourth-order valence-electron chi connectivity index (χ4n) is 2.29. The van der Waals surface area contributed by atoms with Gasteiger partial charge in [-0.2, -0.15) is 5.10 Å². The van der Waals surface area contributed by atoms with E-state index in [1.165, 1.54) is 34.2 Å². The molecule has 0 unspecified atom stereocenters. The van der Waals surface area contributed by atoms with Crippen molar-refractivity contribution in [3.63, 3.8) is 0 Å². The van der Waals surface area contributed by atoms with Crippen LogP contribution in [0.5, 0.6) is 0 Å². The lowest BCUT2D eigenvalue weighted by Gasteiger charge is -2.05. The van der Waals surface area contributed by atoms with Crippen molar-refractivity contribution < 1.29 is 4.79 Å². The Kier molecular flexibility index (Phi) is 8.59. The second-order valence-corrected chi connectivity index (χ2v) is 10.5. The lowest BCUT2D eigenvalue weighted by atomic mass is 10.1. The molecule has 1 amide bonds. The van der Waals surface area contributed by atoms with Crippen LogP contribution in [-0.4, -0.2) is 27.6 Å². The molecule has 3 rings (SSSR count). The van der Waals surface area contributed by atoms with Crippen molar-refractivity contribution in [2.75, 3.05) is 5.75 Å². The lowest BCUT2D eigenvalue weighted by Crippen LogP contribution is -2.21. The summed E-state index contributed by atoms with van der Waals surface area (Å²) in [6, 6.07) is 13.6. The normalized spacial score (nSPS) is 11.5. The summed E-state index contributed by atoms with van der Waals surface area (Å²) in [4.78, 5) is 12.1. The smallest absolute Gasteiger partial charge is 0.250 e. The number of nitrogens with zero attached hydrogens (tertiary/aromatic N) is 3. The molecule has 0 aliphatic carbocycles. The van der Waals surface area contributed by atoms with Crippen molar-refractivity contribution in [2.24, 2.45) is 5.10 Å². The van der Waals surface area contributed by atoms with Crippen molar-refractivity contribution in [2.45, 2.75) is 28.3 Å². The number of thioether (sulfide) groups is 2. The Morgan fingerprint density at radius 1 is 1.10 bits per heavy atom. The van der Waals surface area contributed by atoms with Gasteiger partial charge < -0.3 is 0 Å². The van der Waals surface area contributed by atoms with Crippen LogP contribution in [0.2, 0.25) is 10.0 Å². The number of benzene rings is 2. The molecule has 1 aromatic heterocycles. The molecule has 1 N–H and O–H groups in total. The van der Waals surface area contributed by atoms with Crippen molar-refractivity contribution in [3.8, 4) is 0 Å². The van der Waals surface area contributed by atoms with E-state index >= 15 is 0 Å². The summed E-state index contributed by atoms with van der Waals surface area (Å²) in [5.74, 6) is 0.803. The number of amides is 1. The molecule has 1 heterocycles. The molecule has 0 spiro atoms. The van der Waals surface area contributed by atoms with Gasteiger partial charge in [0.15, 0.2) is 8.68 Å². The van der Waals surface area contributed by atoms with Gasteiger partial charge in [-0.1, -0.05) is 94.0 Å². The number of carbonyl (C=O) groups is 1. The predicted octanol–water partition coefficient (Wildman–Crippen LogP) is 6.08. The van der Waals surface area contributed by atoms with E-state index in [1.807, 2.05) is 0 Å². The summed E-state index contributed by atoms with van der Waals surface area (Å²) in [7, 11) is 0. The summed E-state index contributed by atoms with van der Waals surface area (Å²) in [6.45, 7) is 3.84. The zero-order valence-corrected chi connectivity index (χ0v) is 20.1. The number of hydrazone groups is 1. The Morgan fingerprint density at radius 3 is 2.50 bits per heavy atom. The third kappa shape index (κ3) is 6.99. The van der Waals surface area contributed by atoms with Gasteiger partial charge in [-0.05, 0) is 31.5 Å². The standard InChI is InChI=1S/C20H18Cl2N4OS3/c1-12-3-5-14(6-4-12)10-28-19-25-26-20(30-19)29-11-18(27)24-23-13(2)16-8-7-15(21)9-17(16)22/h3-9H,10-11H2,1-2H3,(H,24,27). The van der Waals surface area contributed by atoms with Gasteiger partial charge in [0, 0.05) is 16.3 Å². The Morgan fingerprint density at radius 2 is 1.80 bits per heavy atom. The number of aryl methyl sites for hydroxylation is 1. The van der Waals surface area contributed by atoms with Crippen molar-refractivity contribution >= 4 is 69.7 Å². The van der Waals surface area contributed by atoms with Crippen LogP contribution in [0, 0.1) is 6.92 Å². The maximum Gasteiger partial charge on any atom is 0.250 e. The maximum atomic E-state index is 12.1. The van der Waals surface area contributed by atoms with Gasteiger partial charge in [-0.15, -0.1) is 10.2 Å². The molecule has 0 radical (unpaired) electrons. The molecule has 5 nitrogen and oxygen atoms in total. The number of hydrogen-bond donors (Lipinski definition) is 1. The molecule has 0 saturated heterocycles. The molecule has 3 aromatic rings. The molecule has 0 aliphatic heterocycles. The molecule has 0 aliphatic rings. The molecule has 0 fully saturated rings. The third-order valence-corrected chi connectivity index (χ3v) is 7.68. The quantitative estimate of drug-likeness (QED) is 0.232. The zero-order valence-electron chi connectivity index (χ0n) is 16.2. The third-order valence-electron chi connectivity index (χ3n) is 3.87. The minimum atomic E-state index is -0.228. The minimum Gasteiger partial charge on any atom is -0.272 e. The van der Waals surface area contributed by atoms with Crippen LogP contribution in [-0.2, 0) is 10.5 Å². The molecular formula is C20H18Cl2N4OS3. The fourth-order valence-corrected chi connectivity index (χ4v) is 5.61.